The summed E-state index contributed by atoms with van der Waals surface area (Å²) in [6.07, 6.45) is 3.11. The summed E-state index contributed by atoms with van der Waals surface area (Å²) in [6.45, 7) is 0. The van der Waals surface area contributed by atoms with Crippen LogP contribution in [0.25, 0.3) is 6.08 Å². The van der Waals surface area contributed by atoms with Gasteiger partial charge in [-0.05, 0) is 69.0 Å². The number of benzene rings is 1. The summed E-state index contributed by atoms with van der Waals surface area (Å²) >= 11 is 4.40. The predicted octanol–water partition coefficient (Wildman–Crippen LogP) is 3.09. The Morgan fingerprint density at radius 2 is 1.81 bits per heavy atom. The van der Waals surface area contributed by atoms with Gasteiger partial charge >= 0.3 is 5.97 Å². The standard InChI is InChI=1S/C11H10I2O3/c1-15-10(14)4-3-7-5-8(12)11(16-2)9(13)6-7/h3-6H,1-2H3/b4-3+. The van der Waals surface area contributed by atoms with Gasteiger partial charge in [0.05, 0.1) is 21.4 Å². The first kappa shape index (κ1) is 13.8. The molecular formula is C11H10I2O3. The SMILES string of the molecule is COC(=O)/C=C/c1cc(I)c(OC)c(I)c1. The maximum atomic E-state index is 10.9. The zero-order chi connectivity index (χ0) is 12.1. The second kappa shape index (κ2) is 6.43. The molecule has 3 nitrogen and oxygen atoms in total. The fourth-order valence-electron chi connectivity index (χ4n) is 1.10. The number of halogens is 2. The Morgan fingerprint density at radius 1 is 1.25 bits per heavy atom. The van der Waals surface area contributed by atoms with Crippen LogP contribution in [0, 0.1) is 7.14 Å². The maximum absolute atomic E-state index is 10.9. The van der Waals surface area contributed by atoms with Crippen LogP contribution in [0.4, 0.5) is 0 Å². The molecule has 86 valence electrons. The molecule has 5 heteroatoms. The molecule has 0 fully saturated rings. The number of ether oxygens (including phenoxy) is 2. The van der Waals surface area contributed by atoms with Crippen LogP contribution >= 0.6 is 45.2 Å². The molecule has 1 aromatic carbocycles. The number of esters is 1. The Morgan fingerprint density at radius 3 is 2.25 bits per heavy atom. The Hall–Kier alpha value is -0.310. The van der Waals surface area contributed by atoms with Gasteiger partial charge in [-0.25, -0.2) is 4.79 Å². The Balaban J connectivity index is 3.00. The highest BCUT2D eigenvalue weighted by molar-refractivity contribution is 14.1. The summed E-state index contributed by atoms with van der Waals surface area (Å²) < 4.78 is 11.8. The van der Waals surface area contributed by atoms with E-state index in [0.29, 0.717) is 0 Å². The molecule has 1 aromatic rings. The van der Waals surface area contributed by atoms with Gasteiger partial charge in [-0.15, -0.1) is 0 Å². The lowest BCUT2D eigenvalue weighted by molar-refractivity contribution is -0.134. The second-order valence-electron chi connectivity index (χ2n) is 2.87. The monoisotopic (exact) mass is 444 g/mol. The minimum Gasteiger partial charge on any atom is -0.495 e. The van der Waals surface area contributed by atoms with Crippen molar-refractivity contribution in [2.75, 3.05) is 14.2 Å². The van der Waals surface area contributed by atoms with Crippen molar-refractivity contribution >= 4 is 57.2 Å². The molecule has 16 heavy (non-hydrogen) atoms. The van der Waals surface area contributed by atoms with Gasteiger partial charge in [-0.1, -0.05) is 0 Å². The van der Waals surface area contributed by atoms with E-state index < -0.39 is 0 Å². The average Bonchev–Trinajstić information content (AvgIpc) is 2.25. The van der Waals surface area contributed by atoms with E-state index >= 15 is 0 Å². The molecule has 0 bridgehead atoms. The molecule has 0 heterocycles. The summed E-state index contributed by atoms with van der Waals surface area (Å²) in [5, 5.41) is 0. The number of methoxy groups -OCH3 is 2. The molecule has 0 spiro atoms. The summed E-state index contributed by atoms with van der Waals surface area (Å²) in [5.41, 5.74) is 0.944. The van der Waals surface area contributed by atoms with Crippen LogP contribution in [-0.4, -0.2) is 20.2 Å². The smallest absolute Gasteiger partial charge is 0.330 e. The van der Waals surface area contributed by atoms with Gasteiger partial charge in [0.25, 0.3) is 0 Å². The Kier molecular flexibility index (Phi) is 5.53. The predicted molar refractivity (Wildman–Crippen MR) is 79.5 cm³/mol. The van der Waals surface area contributed by atoms with Gasteiger partial charge in [0.2, 0.25) is 0 Å². The maximum Gasteiger partial charge on any atom is 0.330 e. The first-order valence-corrected chi connectivity index (χ1v) is 6.53. The van der Waals surface area contributed by atoms with Crippen LogP contribution in [0.3, 0.4) is 0 Å². The largest absolute Gasteiger partial charge is 0.495 e. The second-order valence-corrected chi connectivity index (χ2v) is 5.20. The van der Waals surface area contributed by atoms with E-state index in [0.717, 1.165) is 18.5 Å². The molecule has 0 unspecified atom stereocenters. The van der Waals surface area contributed by atoms with E-state index in [1.807, 2.05) is 12.1 Å². The van der Waals surface area contributed by atoms with E-state index in [1.54, 1.807) is 13.2 Å². The third-order valence-corrected chi connectivity index (χ3v) is 3.44. The van der Waals surface area contributed by atoms with Gasteiger partial charge in [0.15, 0.2) is 0 Å². The third kappa shape index (κ3) is 3.62. The van der Waals surface area contributed by atoms with Gasteiger partial charge < -0.3 is 9.47 Å². The molecule has 0 aromatic heterocycles. The average molecular weight is 444 g/mol. The lowest BCUT2D eigenvalue weighted by Gasteiger charge is -2.06. The first-order valence-electron chi connectivity index (χ1n) is 4.37. The van der Waals surface area contributed by atoms with Crippen LogP contribution in [0.5, 0.6) is 5.75 Å². The molecule has 0 amide bonds. The zero-order valence-electron chi connectivity index (χ0n) is 8.79. The topological polar surface area (TPSA) is 35.5 Å². The third-order valence-electron chi connectivity index (χ3n) is 1.84. The number of carbonyl (C=O) groups is 1. The van der Waals surface area contributed by atoms with Crippen molar-refractivity contribution in [1.29, 1.82) is 0 Å². The van der Waals surface area contributed by atoms with Crippen LogP contribution < -0.4 is 4.74 Å². The molecule has 0 saturated heterocycles. The highest BCUT2D eigenvalue weighted by Crippen LogP contribution is 2.28. The molecule has 0 aliphatic heterocycles. The van der Waals surface area contributed by atoms with E-state index in [4.69, 9.17) is 4.74 Å². The number of hydrogen-bond donors (Lipinski definition) is 0. The Bertz CT molecular complexity index is 404. The molecular weight excluding hydrogens is 434 g/mol. The van der Waals surface area contributed by atoms with Gasteiger partial charge in [-0.3, -0.25) is 0 Å². The summed E-state index contributed by atoms with van der Waals surface area (Å²) in [6, 6.07) is 3.89. The molecule has 0 radical (unpaired) electrons. The first-order chi connectivity index (χ1) is 7.58. The summed E-state index contributed by atoms with van der Waals surface area (Å²) in [4.78, 5) is 10.9. The quantitative estimate of drug-likeness (QED) is 0.409. The molecule has 0 N–H and O–H groups in total. The van der Waals surface area contributed by atoms with E-state index in [1.165, 1.54) is 13.2 Å². The zero-order valence-corrected chi connectivity index (χ0v) is 13.1. The normalized spacial score (nSPS) is 10.5. The van der Waals surface area contributed by atoms with Crippen molar-refractivity contribution < 1.29 is 14.3 Å². The fraction of sp³-hybridized carbons (Fsp3) is 0.182. The van der Waals surface area contributed by atoms with Crippen molar-refractivity contribution in [3.8, 4) is 5.75 Å². The summed E-state index contributed by atoms with van der Waals surface area (Å²) in [5.74, 6) is 0.497. The van der Waals surface area contributed by atoms with Crippen molar-refractivity contribution in [3.63, 3.8) is 0 Å². The van der Waals surface area contributed by atoms with Gasteiger partial charge in [0, 0.05) is 6.08 Å². The molecule has 0 saturated carbocycles. The molecule has 0 aliphatic carbocycles. The molecule has 0 aliphatic rings. The lowest BCUT2D eigenvalue weighted by atomic mass is 10.2. The minimum atomic E-state index is -0.360. The minimum absolute atomic E-state index is 0.360. The highest BCUT2D eigenvalue weighted by atomic mass is 127. The fourth-order valence-corrected chi connectivity index (χ4v) is 3.36. The van der Waals surface area contributed by atoms with Crippen molar-refractivity contribution in [2.24, 2.45) is 0 Å². The van der Waals surface area contributed by atoms with E-state index in [2.05, 4.69) is 49.9 Å². The van der Waals surface area contributed by atoms with E-state index in [-0.39, 0.29) is 5.97 Å². The van der Waals surface area contributed by atoms with Crippen LogP contribution in [0.1, 0.15) is 5.56 Å². The number of hydrogen-bond acceptors (Lipinski definition) is 3. The Labute approximate surface area is 121 Å². The number of rotatable bonds is 3. The van der Waals surface area contributed by atoms with Crippen molar-refractivity contribution in [2.45, 2.75) is 0 Å². The van der Waals surface area contributed by atoms with Gasteiger partial charge in [-0.2, -0.15) is 0 Å². The van der Waals surface area contributed by atoms with Crippen molar-refractivity contribution in [3.05, 3.63) is 30.9 Å². The summed E-state index contributed by atoms with van der Waals surface area (Å²) in [7, 11) is 3.00. The van der Waals surface area contributed by atoms with Gasteiger partial charge in [0.1, 0.15) is 5.75 Å². The molecule has 0 atom stereocenters. The van der Waals surface area contributed by atoms with Crippen LogP contribution in [-0.2, 0) is 9.53 Å². The number of carbonyl (C=O) groups excluding carboxylic acids is 1. The highest BCUT2D eigenvalue weighted by Gasteiger charge is 2.06. The van der Waals surface area contributed by atoms with Crippen LogP contribution in [0.15, 0.2) is 18.2 Å². The van der Waals surface area contributed by atoms with E-state index in [9.17, 15) is 4.79 Å². The molecule has 1 rings (SSSR count). The lowest BCUT2D eigenvalue weighted by Crippen LogP contribution is -1.94. The van der Waals surface area contributed by atoms with Crippen LogP contribution in [0.2, 0.25) is 0 Å². The van der Waals surface area contributed by atoms with Crippen molar-refractivity contribution in [1.82, 2.24) is 0 Å².